The van der Waals surface area contributed by atoms with Crippen molar-refractivity contribution in [3.8, 4) is 0 Å². The molecule has 0 saturated carbocycles. The van der Waals surface area contributed by atoms with Crippen molar-refractivity contribution in [2.75, 3.05) is 13.2 Å². The van der Waals surface area contributed by atoms with E-state index >= 15 is 0 Å². The maximum absolute atomic E-state index is 12.5. The predicted octanol–water partition coefficient (Wildman–Crippen LogP) is 23.5. The maximum atomic E-state index is 12.5. The van der Waals surface area contributed by atoms with Crippen LogP contribution in [-0.2, 0) is 14.3 Å². The Kier molecular flexibility index (Phi) is 67.9. The van der Waals surface area contributed by atoms with Gasteiger partial charge >= 0.3 is 5.97 Å². The molecule has 0 saturated heterocycles. The zero-order chi connectivity index (χ0) is 57.8. The van der Waals surface area contributed by atoms with E-state index in [1.54, 1.807) is 0 Å². The zero-order valence-corrected chi connectivity index (χ0v) is 54.1. The SMILES string of the molecule is CCCCCC/C=C\C/C=C\CCCCCCCCCC(=O)OCCCCCCCCCCCCCC/C=C\CCCCCCCCCCCCC(=O)NC(CO)C(O)CCCCCCCCCCCCCCCCCCCCC. The number of rotatable bonds is 68. The smallest absolute Gasteiger partial charge is 0.305 e. The van der Waals surface area contributed by atoms with Crippen LogP contribution in [0.5, 0.6) is 0 Å². The molecule has 0 bridgehead atoms. The third-order valence-electron chi connectivity index (χ3n) is 16.9. The van der Waals surface area contributed by atoms with Gasteiger partial charge in [0.1, 0.15) is 0 Å². The molecule has 0 radical (unpaired) electrons. The largest absolute Gasteiger partial charge is 0.466 e. The van der Waals surface area contributed by atoms with Gasteiger partial charge in [0.05, 0.1) is 25.4 Å². The fourth-order valence-electron chi connectivity index (χ4n) is 11.4. The van der Waals surface area contributed by atoms with E-state index in [0.717, 1.165) is 51.4 Å². The number of allylic oxidation sites excluding steroid dienone is 6. The van der Waals surface area contributed by atoms with Gasteiger partial charge in [-0.15, -0.1) is 0 Å². The Morgan fingerprint density at radius 2 is 0.625 bits per heavy atom. The van der Waals surface area contributed by atoms with E-state index in [1.807, 2.05) is 0 Å². The second-order valence-electron chi connectivity index (χ2n) is 24.9. The summed E-state index contributed by atoms with van der Waals surface area (Å²) in [6.07, 6.45) is 89.1. The lowest BCUT2D eigenvalue weighted by atomic mass is 10.0. The molecule has 2 atom stereocenters. The first kappa shape index (κ1) is 78.1. The van der Waals surface area contributed by atoms with Gasteiger partial charge in [-0.3, -0.25) is 9.59 Å². The molecular formula is C74H141NO5. The highest BCUT2D eigenvalue weighted by atomic mass is 16.5. The minimum atomic E-state index is -0.667. The fourth-order valence-corrected chi connectivity index (χ4v) is 11.4. The number of hydrogen-bond donors (Lipinski definition) is 3. The number of carbonyl (C=O) groups is 2. The number of aliphatic hydroxyl groups is 2. The van der Waals surface area contributed by atoms with Crippen molar-refractivity contribution in [1.82, 2.24) is 5.32 Å². The number of esters is 1. The van der Waals surface area contributed by atoms with E-state index < -0.39 is 12.1 Å². The lowest BCUT2D eigenvalue weighted by Gasteiger charge is -2.22. The third-order valence-corrected chi connectivity index (χ3v) is 16.9. The molecule has 0 aliphatic carbocycles. The Morgan fingerprint density at radius 1 is 0.350 bits per heavy atom. The van der Waals surface area contributed by atoms with E-state index in [1.165, 1.54) is 315 Å². The lowest BCUT2D eigenvalue weighted by Crippen LogP contribution is -2.45. The zero-order valence-electron chi connectivity index (χ0n) is 54.1. The summed E-state index contributed by atoms with van der Waals surface area (Å²) in [5.74, 6) is -0.0256. The monoisotopic (exact) mass is 1120 g/mol. The molecule has 0 rings (SSSR count). The second-order valence-corrected chi connectivity index (χ2v) is 24.9. The van der Waals surface area contributed by atoms with Crippen LogP contribution in [0.25, 0.3) is 0 Å². The molecule has 0 heterocycles. The average molecular weight is 1120 g/mol. The number of carbonyl (C=O) groups excluding carboxylic acids is 2. The summed E-state index contributed by atoms with van der Waals surface area (Å²) in [4.78, 5) is 24.6. The Labute approximate surface area is 500 Å². The highest BCUT2D eigenvalue weighted by Gasteiger charge is 2.20. The maximum Gasteiger partial charge on any atom is 0.305 e. The molecule has 0 aromatic carbocycles. The quantitative estimate of drug-likeness (QED) is 0.0320. The normalized spacial score (nSPS) is 12.7. The van der Waals surface area contributed by atoms with Gasteiger partial charge in [0, 0.05) is 12.8 Å². The molecular weight excluding hydrogens is 983 g/mol. The molecule has 6 nitrogen and oxygen atoms in total. The van der Waals surface area contributed by atoms with Gasteiger partial charge in [-0.2, -0.15) is 0 Å². The molecule has 1 amide bonds. The molecule has 3 N–H and O–H groups in total. The van der Waals surface area contributed by atoms with Crippen molar-refractivity contribution >= 4 is 11.9 Å². The number of ether oxygens (including phenoxy) is 1. The summed E-state index contributed by atoms with van der Waals surface area (Å²) < 4.78 is 5.50. The van der Waals surface area contributed by atoms with Crippen LogP contribution in [0.4, 0.5) is 0 Å². The van der Waals surface area contributed by atoms with Gasteiger partial charge in [-0.1, -0.05) is 339 Å². The molecule has 6 heteroatoms. The van der Waals surface area contributed by atoms with Crippen LogP contribution < -0.4 is 5.32 Å². The summed E-state index contributed by atoms with van der Waals surface area (Å²) in [7, 11) is 0. The minimum absolute atomic E-state index is 0.00762. The predicted molar refractivity (Wildman–Crippen MR) is 352 cm³/mol. The Hall–Kier alpha value is -1.92. The molecule has 0 aliphatic heterocycles. The van der Waals surface area contributed by atoms with Gasteiger partial charge in [-0.25, -0.2) is 0 Å². The van der Waals surface area contributed by atoms with E-state index in [9.17, 15) is 19.8 Å². The van der Waals surface area contributed by atoms with Crippen LogP contribution in [0.15, 0.2) is 36.5 Å². The summed E-state index contributed by atoms with van der Waals surface area (Å²) in [5.41, 5.74) is 0. The van der Waals surface area contributed by atoms with Gasteiger partial charge in [0.15, 0.2) is 0 Å². The molecule has 80 heavy (non-hydrogen) atoms. The number of unbranched alkanes of at least 4 members (excludes halogenated alkanes) is 51. The fraction of sp³-hybridized carbons (Fsp3) is 0.892. The summed E-state index contributed by atoms with van der Waals surface area (Å²) in [6.45, 7) is 4.97. The number of aliphatic hydroxyl groups excluding tert-OH is 2. The van der Waals surface area contributed by atoms with Crippen molar-refractivity contribution in [3.05, 3.63) is 36.5 Å². The van der Waals surface area contributed by atoms with Crippen LogP contribution >= 0.6 is 0 Å². The first-order valence-corrected chi connectivity index (χ1v) is 36.2. The topological polar surface area (TPSA) is 95.9 Å². The second kappa shape index (κ2) is 69.6. The van der Waals surface area contributed by atoms with E-state index in [-0.39, 0.29) is 18.5 Å². The van der Waals surface area contributed by atoms with Crippen molar-refractivity contribution in [2.45, 2.75) is 411 Å². The molecule has 0 aromatic rings. The lowest BCUT2D eigenvalue weighted by molar-refractivity contribution is -0.143. The number of nitrogens with one attached hydrogen (secondary N) is 1. The summed E-state index contributed by atoms with van der Waals surface area (Å²) >= 11 is 0. The van der Waals surface area contributed by atoms with Gasteiger partial charge in [0.2, 0.25) is 5.91 Å². The summed E-state index contributed by atoms with van der Waals surface area (Å²) in [5, 5.41) is 23.4. The Bertz CT molecular complexity index is 1300. The van der Waals surface area contributed by atoms with Crippen LogP contribution in [0, 0.1) is 0 Å². The molecule has 0 aliphatic rings. The van der Waals surface area contributed by atoms with Gasteiger partial charge < -0.3 is 20.3 Å². The van der Waals surface area contributed by atoms with Crippen molar-refractivity contribution in [2.24, 2.45) is 0 Å². The number of hydrogen-bond acceptors (Lipinski definition) is 5. The van der Waals surface area contributed by atoms with Crippen LogP contribution in [0.1, 0.15) is 399 Å². The minimum Gasteiger partial charge on any atom is -0.466 e. The van der Waals surface area contributed by atoms with Crippen LogP contribution in [-0.4, -0.2) is 47.4 Å². The van der Waals surface area contributed by atoms with Crippen LogP contribution in [0.2, 0.25) is 0 Å². The average Bonchev–Trinajstić information content (AvgIpc) is 3.46. The van der Waals surface area contributed by atoms with Crippen LogP contribution in [0.3, 0.4) is 0 Å². The molecule has 0 spiro atoms. The van der Waals surface area contributed by atoms with Gasteiger partial charge in [0.25, 0.3) is 0 Å². The van der Waals surface area contributed by atoms with Crippen molar-refractivity contribution in [1.29, 1.82) is 0 Å². The molecule has 0 fully saturated rings. The van der Waals surface area contributed by atoms with E-state index in [4.69, 9.17) is 4.74 Å². The molecule has 0 aromatic heterocycles. The number of amides is 1. The summed E-state index contributed by atoms with van der Waals surface area (Å²) in [6, 6.07) is -0.544. The standard InChI is InChI=1S/C74H141NO5/c1-3-5-7-9-11-13-15-17-19-21-31-34-38-42-46-50-54-58-62-66-72(77)71(70-76)75-73(78)67-63-59-55-51-47-43-39-35-32-29-27-25-23-24-26-28-30-33-37-41-45-49-53-57-61-65-69-80-74(79)68-64-60-56-52-48-44-40-36-22-20-18-16-14-12-10-8-6-4-2/h14,16,20,22-23,25,71-72,76-77H,3-13,15,17-19,21,24,26-70H2,1-2H3,(H,75,78)/b16-14-,22-20-,25-23-. The first-order chi connectivity index (χ1) is 39.5. The van der Waals surface area contributed by atoms with Gasteiger partial charge in [-0.05, 0) is 83.5 Å². The third kappa shape index (κ3) is 65.2. The van der Waals surface area contributed by atoms with E-state index in [2.05, 4.69) is 55.6 Å². The molecule has 472 valence electrons. The highest BCUT2D eigenvalue weighted by molar-refractivity contribution is 5.76. The first-order valence-electron chi connectivity index (χ1n) is 36.2. The Morgan fingerprint density at radius 3 is 0.975 bits per heavy atom. The molecule has 2 unspecified atom stereocenters. The Balaban J connectivity index is 3.39. The van der Waals surface area contributed by atoms with Crippen molar-refractivity contribution in [3.63, 3.8) is 0 Å². The highest BCUT2D eigenvalue weighted by Crippen LogP contribution is 2.19. The van der Waals surface area contributed by atoms with Crippen molar-refractivity contribution < 1.29 is 24.5 Å². The van der Waals surface area contributed by atoms with E-state index in [0.29, 0.717) is 25.9 Å².